The van der Waals surface area contributed by atoms with Crippen molar-refractivity contribution in [2.24, 2.45) is 0 Å². The van der Waals surface area contributed by atoms with Crippen molar-refractivity contribution in [2.45, 2.75) is 31.1 Å². The zero-order valence-electron chi connectivity index (χ0n) is 21.7. The molecule has 1 aliphatic heterocycles. The molecule has 0 bridgehead atoms. The quantitative estimate of drug-likeness (QED) is 0.218. The molecular weight excluding hydrogens is 576 g/mol. The van der Waals surface area contributed by atoms with Crippen LogP contribution >= 0.6 is 11.6 Å². The normalized spacial score (nSPS) is 20.2. The first-order valence-corrected chi connectivity index (χ1v) is 13.0. The summed E-state index contributed by atoms with van der Waals surface area (Å²) in [6.07, 6.45) is -2.77. The topological polar surface area (TPSA) is 165 Å². The number of benzene rings is 2. The fourth-order valence-corrected chi connectivity index (χ4v) is 4.76. The highest BCUT2D eigenvalue weighted by Gasteiger charge is 2.47. The maximum absolute atomic E-state index is 13.8. The van der Waals surface area contributed by atoms with Gasteiger partial charge < -0.3 is 25.6 Å². The van der Waals surface area contributed by atoms with Gasteiger partial charge >= 0.3 is 0 Å². The van der Waals surface area contributed by atoms with Gasteiger partial charge in [-0.1, -0.05) is 28.9 Å². The van der Waals surface area contributed by atoms with Crippen LogP contribution in [-0.2, 0) is 16.1 Å². The van der Waals surface area contributed by atoms with E-state index in [0.717, 1.165) is 17.7 Å². The first kappa shape index (κ1) is 27.6. The number of likely N-dealkylation sites (N-methyl/N-ethyl adjacent to an activating group) is 1. The number of aromatic nitrogens is 7. The number of nitrogens with one attached hydrogen (secondary N) is 2. The Balaban J connectivity index is 1.42. The second-order valence-electron chi connectivity index (χ2n) is 9.40. The number of hydrogen-bond donors (Lipinski definition) is 4. The molecule has 0 saturated carbocycles. The summed E-state index contributed by atoms with van der Waals surface area (Å²) in [7, 11) is 1.38. The van der Waals surface area contributed by atoms with Gasteiger partial charge in [0.05, 0.1) is 12.5 Å². The highest BCUT2D eigenvalue weighted by molar-refractivity contribution is 6.30. The summed E-state index contributed by atoms with van der Waals surface area (Å²) in [5.41, 5.74) is 1.82. The molecule has 0 spiro atoms. The number of anilines is 1. The SMILES string of the molecule is CNC(=O)[C@H]1OC(n2cnc3c(NCc4cccc(Cl)c4)nc(-n4cc(-c5ccc(F)c(F)c5)nn4)nc32)[C@H](O)[C@@H]1O. The summed E-state index contributed by atoms with van der Waals surface area (Å²) in [5, 5.41) is 35.5. The van der Waals surface area contributed by atoms with E-state index in [1.165, 1.54) is 34.9 Å². The third-order valence-corrected chi connectivity index (χ3v) is 6.92. The van der Waals surface area contributed by atoms with E-state index in [-0.39, 0.29) is 34.2 Å². The maximum Gasteiger partial charge on any atom is 0.256 e. The van der Waals surface area contributed by atoms with Crippen molar-refractivity contribution in [1.29, 1.82) is 0 Å². The average Bonchev–Trinajstić information content (AvgIpc) is 3.71. The van der Waals surface area contributed by atoms with E-state index < -0.39 is 42.1 Å². The van der Waals surface area contributed by atoms with Crippen LogP contribution in [0.5, 0.6) is 0 Å². The number of halogens is 3. The molecule has 4 N–H and O–H groups in total. The molecule has 5 aromatic rings. The fourth-order valence-electron chi connectivity index (χ4n) is 4.55. The Hall–Kier alpha value is -4.57. The number of amides is 1. The smallest absolute Gasteiger partial charge is 0.256 e. The summed E-state index contributed by atoms with van der Waals surface area (Å²) in [4.78, 5) is 25.7. The number of hydrogen-bond acceptors (Lipinski definition) is 10. The lowest BCUT2D eigenvalue weighted by molar-refractivity contribution is -0.137. The number of carbonyl (C=O) groups is 1. The van der Waals surface area contributed by atoms with Crippen molar-refractivity contribution in [3.63, 3.8) is 0 Å². The molecule has 0 radical (unpaired) electrons. The molecule has 216 valence electrons. The van der Waals surface area contributed by atoms with Gasteiger partial charge in [-0.2, -0.15) is 14.6 Å². The minimum absolute atomic E-state index is 0.00932. The highest BCUT2D eigenvalue weighted by Crippen LogP contribution is 2.33. The van der Waals surface area contributed by atoms with Crippen LogP contribution in [0.4, 0.5) is 14.6 Å². The van der Waals surface area contributed by atoms with Gasteiger partial charge in [0.25, 0.3) is 11.9 Å². The third-order valence-electron chi connectivity index (χ3n) is 6.69. The summed E-state index contributed by atoms with van der Waals surface area (Å²) in [5.74, 6) is -2.36. The van der Waals surface area contributed by atoms with Crippen LogP contribution in [0.2, 0.25) is 5.02 Å². The molecule has 42 heavy (non-hydrogen) atoms. The van der Waals surface area contributed by atoms with Gasteiger partial charge in [0.15, 0.2) is 40.9 Å². The van der Waals surface area contributed by atoms with Crippen molar-refractivity contribution in [1.82, 2.24) is 39.8 Å². The molecule has 1 unspecified atom stereocenters. The van der Waals surface area contributed by atoms with Crippen LogP contribution < -0.4 is 10.6 Å². The van der Waals surface area contributed by atoms with Gasteiger partial charge in [0.1, 0.15) is 17.9 Å². The first-order valence-electron chi connectivity index (χ1n) is 12.6. The number of carbonyl (C=O) groups excluding carboxylic acids is 1. The Morgan fingerprint density at radius 1 is 1.12 bits per heavy atom. The van der Waals surface area contributed by atoms with Gasteiger partial charge in [-0.3, -0.25) is 9.36 Å². The molecule has 13 nitrogen and oxygen atoms in total. The van der Waals surface area contributed by atoms with Crippen LogP contribution in [0.15, 0.2) is 55.0 Å². The van der Waals surface area contributed by atoms with E-state index in [4.69, 9.17) is 16.3 Å². The second-order valence-corrected chi connectivity index (χ2v) is 9.84. The standard InChI is InChI=1S/C26H22ClF2N9O4/c1-30-24(41)21-19(39)20(40)25(42-21)37-11-32-18-22(31-9-12-3-2-4-14(27)7-12)33-26(34-23(18)37)38-10-17(35-36-38)13-5-6-15(28)16(29)8-13/h2-8,10-11,19-21,25,39-40H,9H2,1H3,(H,30,41)(H,31,33,34)/t19-,20+,21-,25?/m0/s1. The minimum Gasteiger partial charge on any atom is -0.387 e. The number of fused-ring (bicyclic) bond motifs is 1. The predicted octanol–water partition coefficient (Wildman–Crippen LogP) is 1.98. The van der Waals surface area contributed by atoms with Crippen molar-refractivity contribution in [2.75, 3.05) is 12.4 Å². The zero-order valence-corrected chi connectivity index (χ0v) is 22.4. The lowest BCUT2D eigenvalue weighted by Gasteiger charge is -2.17. The Morgan fingerprint density at radius 3 is 2.71 bits per heavy atom. The van der Waals surface area contributed by atoms with Crippen molar-refractivity contribution < 1.29 is 28.5 Å². The van der Waals surface area contributed by atoms with E-state index in [0.29, 0.717) is 11.6 Å². The zero-order chi connectivity index (χ0) is 29.5. The first-order chi connectivity index (χ1) is 20.2. The second kappa shape index (κ2) is 11.0. The van der Waals surface area contributed by atoms with Crippen LogP contribution in [0.1, 0.15) is 11.8 Å². The predicted molar refractivity (Wildman–Crippen MR) is 144 cm³/mol. The van der Waals surface area contributed by atoms with Crippen LogP contribution in [0.3, 0.4) is 0 Å². The van der Waals surface area contributed by atoms with Crippen molar-refractivity contribution >= 4 is 34.5 Å². The van der Waals surface area contributed by atoms with Gasteiger partial charge in [0.2, 0.25) is 0 Å². The Bertz CT molecular complexity index is 1800. The molecule has 2 aromatic carbocycles. The van der Waals surface area contributed by atoms with Gasteiger partial charge in [-0.15, -0.1) is 5.10 Å². The maximum atomic E-state index is 13.8. The summed E-state index contributed by atoms with van der Waals surface area (Å²) in [6, 6.07) is 10.5. The third kappa shape index (κ3) is 5.02. The molecule has 1 fully saturated rings. The van der Waals surface area contributed by atoms with Crippen LogP contribution in [-0.4, -0.2) is 76.0 Å². The van der Waals surface area contributed by atoms with E-state index in [1.54, 1.807) is 18.2 Å². The fraction of sp³-hybridized carbons (Fsp3) is 0.231. The van der Waals surface area contributed by atoms with Gasteiger partial charge in [-0.25, -0.2) is 13.8 Å². The highest BCUT2D eigenvalue weighted by atomic mass is 35.5. The molecule has 1 amide bonds. The largest absolute Gasteiger partial charge is 0.387 e. The van der Waals surface area contributed by atoms with E-state index >= 15 is 0 Å². The summed E-state index contributed by atoms with van der Waals surface area (Å²) >= 11 is 6.13. The van der Waals surface area contributed by atoms with E-state index in [9.17, 15) is 23.8 Å². The number of imidazole rings is 1. The molecule has 1 aliphatic rings. The van der Waals surface area contributed by atoms with Crippen molar-refractivity contribution in [3.05, 3.63) is 77.2 Å². The molecule has 4 heterocycles. The van der Waals surface area contributed by atoms with Crippen molar-refractivity contribution in [3.8, 4) is 17.2 Å². The number of nitrogens with zero attached hydrogens (tertiary/aromatic N) is 7. The van der Waals surface area contributed by atoms with E-state index in [1.807, 2.05) is 6.07 Å². The lowest BCUT2D eigenvalue weighted by Crippen LogP contribution is -2.41. The summed E-state index contributed by atoms with van der Waals surface area (Å²) in [6.45, 7) is 0.302. The summed E-state index contributed by atoms with van der Waals surface area (Å²) < 4.78 is 35.6. The molecule has 0 aliphatic carbocycles. The molecule has 3 aromatic heterocycles. The molecule has 6 rings (SSSR count). The number of aliphatic hydroxyl groups is 2. The molecular formula is C26H22ClF2N9O4. The van der Waals surface area contributed by atoms with Crippen LogP contribution in [0, 0.1) is 11.6 Å². The molecule has 4 atom stereocenters. The Kier molecular flexibility index (Phi) is 7.24. The Labute approximate surface area is 240 Å². The molecule has 1 saturated heterocycles. The number of aliphatic hydroxyl groups excluding tert-OH is 2. The molecule has 16 heteroatoms. The minimum atomic E-state index is -1.51. The van der Waals surface area contributed by atoms with Gasteiger partial charge in [0, 0.05) is 24.2 Å². The van der Waals surface area contributed by atoms with E-state index in [2.05, 4.69) is 35.9 Å². The number of ether oxygens (including phenoxy) is 1. The van der Waals surface area contributed by atoms with Gasteiger partial charge in [-0.05, 0) is 35.9 Å². The number of rotatable bonds is 7. The Morgan fingerprint density at radius 2 is 1.95 bits per heavy atom. The van der Waals surface area contributed by atoms with Crippen LogP contribution in [0.25, 0.3) is 28.4 Å². The monoisotopic (exact) mass is 597 g/mol. The lowest BCUT2D eigenvalue weighted by atomic mass is 10.1. The average molecular weight is 598 g/mol.